The van der Waals surface area contributed by atoms with Gasteiger partial charge < -0.3 is 14.4 Å². The van der Waals surface area contributed by atoms with Gasteiger partial charge in [-0.05, 0) is 51.3 Å². The number of benzene rings is 1. The Bertz CT molecular complexity index is 846. The molecule has 0 saturated carbocycles. The first-order valence-electron chi connectivity index (χ1n) is 9.11. The van der Waals surface area contributed by atoms with Gasteiger partial charge in [0.05, 0.1) is 17.3 Å². The zero-order valence-corrected chi connectivity index (χ0v) is 17.5. The van der Waals surface area contributed by atoms with Crippen LogP contribution >= 0.6 is 0 Å². The van der Waals surface area contributed by atoms with Gasteiger partial charge in [-0.2, -0.15) is 0 Å². The highest BCUT2D eigenvalue weighted by molar-refractivity contribution is 7.92. The number of amides is 1. The highest BCUT2D eigenvalue weighted by atomic mass is 32.2. The summed E-state index contributed by atoms with van der Waals surface area (Å²) in [6, 6.07) is 6.54. The summed E-state index contributed by atoms with van der Waals surface area (Å²) in [5.74, 6) is -0.558. The number of methoxy groups -OCH3 is 1. The van der Waals surface area contributed by atoms with Crippen molar-refractivity contribution in [1.82, 2.24) is 4.90 Å². The molecule has 1 fully saturated rings. The summed E-state index contributed by atoms with van der Waals surface area (Å²) in [5.41, 5.74) is -0.159. The number of carbonyl (C=O) groups is 2. The zero-order valence-electron chi connectivity index (χ0n) is 16.7. The number of piperidine rings is 1. The first-order valence-corrected chi connectivity index (χ1v) is 10.7. The Morgan fingerprint density at radius 2 is 1.75 bits per heavy atom. The maximum Gasteiger partial charge on any atom is 0.410 e. The summed E-state index contributed by atoms with van der Waals surface area (Å²) >= 11 is 0. The van der Waals surface area contributed by atoms with Gasteiger partial charge in [0.25, 0.3) is 0 Å². The van der Waals surface area contributed by atoms with E-state index in [1.807, 2.05) is 0 Å². The summed E-state index contributed by atoms with van der Waals surface area (Å²) in [6.45, 7) is 6.01. The summed E-state index contributed by atoms with van der Waals surface area (Å²) < 4.78 is 36.2. The van der Waals surface area contributed by atoms with E-state index >= 15 is 0 Å². The largest absolute Gasteiger partial charge is 0.466 e. The Hall–Kier alpha value is -2.35. The van der Waals surface area contributed by atoms with Crippen LogP contribution in [0.2, 0.25) is 0 Å². The molecule has 0 bridgehead atoms. The Morgan fingerprint density at radius 1 is 1.14 bits per heavy atom. The van der Waals surface area contributed by atoms with E-state index in [0.717, 1.165) is 0 Å². The minimum atomic E-state index is -3.61. The number of hydrogen-bond acceptors (Lipinski definition) is 6. The van der Waals surface area contributed by atoms with Gasteiger partial charge in [0.1, 0.15) is 5.60 Å². The summed E-state index contributed by atoms with van der Waals surface area (Å²) in [7, 11) is -2.36. The van der Waals surface area contributed by atoms with E-state index in [2.05, 4.69) is 4.74 Å². The molecule has 7 nitrogen and oxygen atoms in total. The molecule has 0 aliphatic carbocycles. The molecule has 28 heavy (non-hydrogen) atoms. The normalized spacial score (nSPS) is 16.2. The van der Waals surface area contributed by atoms with Crippen LogP contribution in [0.4, 0.5) is 4.79 Å². The number of nitrogens with zero attached hydrogens (tertiary/aromatic N) is 1. The fraction of sp³-hybridized carbons (Fsp3) is 0.500. The summed E-state index contributed by atoms with van der Waals surface area (Å²) in [6.07, 6.45) is 2.87. The van der Waals surface area contributed by atoms with E-state index in [4.69, 9.17) is 4.74 Å². The van der Waals surface area contributed by atoms with Gasteiger partial charge >= 0.3 is 12.1 Å². The molecule has 1 heterocycles. The van der Waals surface area contributed by atoms with Crippen molar-refractivity contribution >= 4 is 28.0 Å². The lowest BCUT2D eigenvalue weighted by atomic mass is 10.1. The average Bonchev–Trinajstić information content (AvgIpc) is 2.65. The van der Waals surface area contributed by atoms with Crippen LogP contribution in [0.5, 0.6) is 0 Å². The third-order valence-corrected chi connectivity index (χ3v) is 6.69. The third-order valence-electron chi connectivity index (χ3n) is 4.36. The predicted octanol–water partition coefficient (Wildman–Crippen LogP) is 3.05. The van der Waals surface area contributed by atoms with Crippen LogP contribution in [0, 0.1) is 0 Å². The van der Waals surface area contributed by atoms with Crippen LogP contribution in [0.15, 0.2) is 35.2 Å². The maximum absolute atomic E-state index is 13.1. The molecular formula is C20H27NO6S. The van der Waals surface area contributed by atoms with Gasteiger partial charge in [-0.3, -0.25) is 0 Å². The van der Waals surface area contributed by atoms with Crippen LogP contribution < -0.4 is 0 Å². The van der Waals surface area contributed by atoms with Gasteiger partial charge in [0.2, 0.25) is 0 Å². The number of esters is 1. The first kappa shape index (κ1) is 21.9. The molecule has 154 valence electrons. The van der Waals surface area contributed by atoms with Gasteiger partial charge in [-0.15, -0.1) is 0 Å². The zero-order chi connectivity index (χ0) is 20.9. The number of sulfone groups is 1. The number of likely N-dealkylation sites (tertiary alicyclic amines) is 1. The van der Waals surface area contributed by atoms with E-state index in [1.54, 1.807) is 43.9 Å². The van der Waals surface area contributed by atoms with Gasteiger partial charge in [0, 0.05) is 19.2 Å². The quantitative estimate of drug-likeness (QED) is 0.561. The fourth-order valence-corrected chi connectivity index (χ4v) is 4.88. The smallest absolute Gasteiger partial charge is 0.410 e. The lowest BCUT2D eigenvalue weighted by molar-refractivity contribution is -0.134. The third kappa shape index (κ3) is 5.58. The Balaban J connectivity index is 2.14. The lowest BCUT2D eigenvalue weighted by Crippen LogP contribution is -2.44. The molecule has 0 atom stereocenters. The van der Waals surface area contributed by atoms with Crippen LogP contribution in [-0.4, -0.2) is 56.4 Å². The highest BCUT2D eigenvalue weighted by Gasteiger charge is 2.34. The number of carbonyl (C=O) groups excluding carboxylic acids is 2. The summed E-state index contributed by atoms with van der Waals surface area (Å²) in [4.78, 5) is 25.2. The van der Waals surface area contributed by atoms with Crippen LogP contribution in [0.25, 0.3) is 6.08 Å². The summed E-state index contributed by atoms with van der Waals surface area (Å²) in [5, 5.41) is -0.598. The van der Waals surface area contributed by atoms with Gasteiger partial charge in [0.15, 0.2) is 9.84 Å². The van der Waals surface area contributed by atoms with E-state index in [9.17, 15) is 18.0 Å². The lowest BCUT2D eigenvalue weighted by Gasteiger charge is -2.33. The van der Waals surface area contributed by atoms with Gasteiger partial charge in [-0.25, -0.2) is 18.0 Å². The molecule has 1 aromatic carbocycles. The molecule has 1 saturated heterocycles. The second-order valence-electron chi connectivity index (χ2n) is 7.61. The Morgan fingerprint density at radius 3 is 2.32 bits per heavy atom. The highest BCUT2D eigenvalue weighted by Crippen LogP contribution is 2.28. The van der Waals surface area contributed by atoms with Crippen molar-refractivity contribution in [3.05, 3.63) is 35.9 Å². The Kier molecular flexibility index (Phi) is 6.87. The van der Waals surface area contributed by atoms with Crippen LogP contribution in [0.1, 0.15) is 39.2 Å². The van der Waals surface area contributed by atoms with Crippen molar-refractivity contribution in [3.63, 3.8) is 0 Å². The van der Waals surface area contributed by atoms with Crippen molar-refractivity contribution in [2.45, 2.75) is 49.4 Å². The minimum absolute atomic E-state index is 0.172. The van der Waals surface area contributed by atoms with Crippen molar-refractivity contribution in [3.8, 4) is 0 Å². The molecule has 1 amide bonds. The van der Waals surface area contributed by atoms with Crippen molar-refractivity contribution in [2.75, 3.05) is 20.2 Å². The van der Waals surface area contributed by atoms with Gasteiger partial charge in [-0.1, -0.05) is 18.2 Å². The number of ether oxygens (including phenoxy) is 2. The second kappa shape index (κ2) is 8.77. The number of hydrogen-bond donors (Lipinski definition) is 0. The SMILES string of the molecule is COC(=O)/C=C/c1ccccc1S(=O)(=O)C1CCN(C(=O)OC(C)(C)C)CC1. The van der Waals surface area contributed by atoms with E-state index in [0.29, 0.717) is 31.5 Å². The standard InChI is InChI=1S/C20H27NO6S/c1-20(2,3)27-19(23)21-13-11-16(12-14-21)28(24,25)17-8-6-5-7-15(17)9-10-18(22)26-4/h5-10,16H,11-14H2,1-4H3/b10-9+. The molecular weight excluding hydrogens is 382 g/mol. The molecule has 8 heteroatoms. The second-order valence-corrected chi connectivity index (χ2v) is 9.80. The predicted molar refractivity (Wildman–Crippen MR) is 106 cm³/mol. The topological polar surface area (TPSA) is 90.0 Å². The molecule has 2 rings (SSSR count). The van der Waals surface area contributed by atoms with Crippen molar-refractivity contribution in [1.29, 1.82) is 0 Å². The molecule has 0 spiro atoms. The van der Waals surface area contributed by atoms with E-state index in [1.165, 1.54) is 25.3 Å². The fourth-order valence-electron chi connectivity index (χ4n) is 2.96. The molecule has 1 aliphatic rings. The average molecular weight is 410 g/mol. The van der Waals surface area contributed by atoms with Crippen molar-refractivity contribution in [2.24, 2.45) is 0 Å². The molecule has 1 aromatic rings. The van der Waals surface area contributed by atoms with Crippen molar-refractivity contribution < 1.29 is 27.5 Å². The Labute approximate surface area is 166 Å². The van der Waals surface area contributed by atoms with E-state index in [-0.39, 0.29) is 4.90 Å². The molecule has 0 N–H and O–H groups in total. The molecule has 1 aliphatic heterocycles. The monoisotopic (exact) mass is 409 g/mol. The van der Waals surface area contributed by atoms with Crippen LogP contribution in [0.3, 0.4) is 0 Å². The van der Waals surface area contributed by atoms with Crippen LogP contribution in [-0.2, 0) is 24.1 Å². The minimum Gasteiger partial charge on any atom is -0.466 e. The van der Waals surface area contributed by atoms with E-state index < -0.39 is 32.8 Å². The maximum atomic E-state index is 13.1. The first-order chi connectivity index (χ1) is 13.0. The molecule has 0 aromatic heterocycles. The number of rotatable bonds is 4. The molecule has 0 radical (unpaired) electrons. The molecule has 0 unspecified atom stereocenters.